The third kappa shape index (κ3) is 1.77. The number of carbonyl (C=O) groups is 1. The zero-order valence-electron chi connectivity index (χ0n) is 7.81. The van der Waals surface area contributed by atoms with E-state index >= 15 is 0 Å². The lowest BCUT2D eigenvalue weighted by Crippen LogP contribution is -2.31. The van der Waals surface area contributed by atoms with E-state index in [2.05, 4.69) is 10.4 Å². The molecular weight excluding hydrogens is 182 g/mol. The number of aromatic carboxylic acids is 1. The van der Waals surface area contributed by atoms with Crippen LogP contribution < -0.4 is 5.32 Å². The Morgan fingerprint density at radius 2 is 2.57 bits per heavy atom. The molecule has 0 unspecified atom stereocenters. The van der Waals surface area contributed by atoms with Crippen molar-refractivity contribution in [3.8, 4) is 0 Å². The highest BCUT2D eigenvalue weighted by Gasteiger charge is 2.16. The lowest BCUT2D eigenvalue weighted by atomic mass is 10.1. The van der Waals surface area contributed by atoms with Crippen LogP contribution in [0.4, 0.5) is 0 Å². The maximum absolute atomic E-state index is 10.6. The SMILES string of the molecule is O=C(O)c1ccn([C@H]2CCCNC2)n1. The van der Waals surface area contributed by atoms with Crippen molar-refractivity contribution in [2.75, 3.05) is 13.1 Å². The number of nitrogens with zero attached hydrogens (tertiary/aromatic N) is 2. The highest BCUT2D eigenvalue weighted by Crippen LogP contribution is 2.15. The van der Waals surface area contributed by atoms with Crippen molar-refractivity contribution in [3.05, 3.63) is 18.0 Å². The van der Waals surface area contributed by atoms with E-state index in [1.807, 2.05) is 0 Å². The van der Waals surface area contributed by atoms with E-state index in [0.717, 1.165) is 25.9 Å². The molecule has 1 aliphatic heterocycles. The van der Waals surface area contributed by atoms with Gasteiger partial charge in [0.15, 0.2) is 5.69 Å². The third-order valence-electron chi connectivity index (χ3n) is 2.47. The number of piperidine rings is 1. The Hall–Kier alpha value is -1.36. The molecule has 5 heteroatoms. The van der Waals surface area contributed by atoms with E-state index in [-0.39, 0.29) is 5.69 Å². The summed E-state index contributed by atoms with van der Waals surface area (Å²) in [4.78, 5) is 10.6. The summed E-state index contributed by atoms with van der Waals surface area (Å²) in [5.74, 6) is -0.965. The van der Waals surface area contributed by atoms with Gasteiger partial charge >= 0.3 is 5.97 Å². The molecule has 0 aliphatic carbocycles. The summed E-state index contributed by atoms with van der Waals surface area (Å²) in [6, 6.07) is 1.84. The molecule has 76 valence electrons. The minimum atomic E-state index is -0.965. The van der Waals surface area contributed by atoms with Crippen LogP contribution in [0.3, 0.4) is 0 Å². The van der Waals surface area contributed by atoms with Crippen LogP contribution in [0.15, 0.2) is 12.3 Å². The molecule has 2 heterocycles. The highest BCUT2D eigenvalue weighted by molar-refractivity contribution is 5.85. The Balaban J connectivity index is 2.11. The molecule has 5 nitrogen and oxygen atoms in total. The van der Waals surface area contributed by atoms with Gasteiger partial charge in [-0.25, -0.2) is 4.79 Å². The average molecular weight is 195 g/mol. The molecule has 1 saturated heterocycles. The van der Waals surface area contributed by atoms with Crippen LogP contribution in [0, 0.1) is 0 Å². The highest BCUT2D eigenvalue weighted by atomic mass is 16.4. The van der Waals surface area contributed by atoms with Gasteiger partial charge in [0, 0.05) is 12.7 Å². The minimum absolute atomic E-state index is 0.121. The maximum atomic E-state index is 10.6. The fraction of sp³-hybridized carbons (Fsp3) is 0.556. The van der Waals surface area contributed by atoms with Crippen molar-refractivity contribution in [1.29, 1.82) is 0 Å². The Morgan fingerprint density at radius 3 is 3.14 bits per heavy atom. The lowest BCUT2D eigenvalue weighted by molar-refractivity contribution is 0.0689. The summed E-state index contributed by atoms with van der Waals surface area (Å²) in [6.45, 7) is 1.92. The van der Waals surface area contributed by atoms with E-state index in [9.17, 15) is 4.79 Å². The predicted molar refractivity (Wildman–Crippen MR) is 50.3 cm³/mol. The van der Waals surface area contributed by atoms with E-state index in [1.165, 1.54) is 6.07 Å². The molecule has 1 aromatic rings. The first-order chi connectivity index (χ1) is 6.77. The van der Waals surface area contributed by atoms with Crippen molar-refractivity contribution < 1.29 is 9.90 Å². The van der Waals surface area contributed by atoms with Crippen LogP contribution in [-0.4, -0.2) is 33.9 Å². The first-order valence-electron chi connectivity index (χ1n) is 4.76. The molecule has 0 spiro atoms. The number of hydrogen-bond donors (Lipinski definition) is 2. The molecule has 14 heavy (non-hydrogen) atoms. The standard InChI is InChI=1S/C9H13N3O2/c13-9(14)8-3-5-12(11-8)7-2-1-4-10-6-7/h3,5,7,10H,1-2,4,6H2,(H,13,14)/t7-/m0/s1. The summed E-state index contributed by atoms with van der Waals surface area (Å²) in [5.41, 5.74) is 0.121. The summed E-state index contributed by atoms with van der Waals surface area (Å²) in [6.07, 6.45) is 3.92. The quantitative estimate of drug-likeness (QED) is 0.721. The van der Waals surface area contributed by atoms with Crippen LogP contribution in [0.1, 0.15) is 29.4 Å². The van der Waals surface area contributed by atoms with Gasteiger partial charge in [0.1, 0.15) is 0 Å². The van der Waals surface area contributed by atoms with Gasteiger partial charge in [-0.05, 0) is 25.5 Å². The molecule has 0 radical (unpaired) electrons. The van der Waals surface area contributed by atoms with Crippen molar-refractivity contribution in [3.63, 3.8) is 0 Å². The summed E-state index contributed by atoms with van der Waals surface area (Å²) in [5, 5.41) is 16.0. The van der Waals surface area contributed by atoms with E-state index in [1.54, 1.807) is 10.9 Å². The van der Waals surface area contributed by atoms with Gasteiger partial charge in [0.25, 0.3) is 0 Å². The number of carboxylic acid groups (broad SMARTS) is 1. The van der Waals surface area contributed by atoms with E-state index < -0.39 is 5.97 Å². The first kappa shape index (κ1) is 9.21. The molecule has 1 atom stereocenters. The van der Waals surface area contributed by atoms with E-state index in [4.69, 9.17) is 5.11 Å². The van der Waals surface area contributed by atoms with E-state index in [0.29, 0.717) is 6.04 Å². The van der Waals surface area contributed by atoms with Crippen molar-refractivity contribution >= 4 is 5.97 Å². The van der Waals surface area contributed by atoms with Gasteiger partial charge < -0.3 is 10.4 Å². The van der Waals surface area contributed by atoms with Crippen molar-refractivity contribution in [1.82, 2.24) is 15.1 Å². The molecule has 1 fully saturated rings. The van der Waals surface area contributed by atoms with Crippen molar-refractivity contribution in [2.24, 2.45) is 0 Å². The smallest absolute Gasteiger partial charge is 0.356 e. The number of hydrogen-bond acceptors (Lipinski definition) is 3. The fourth-order valence-electron chi connectivity index (χ4n) is 1.71. The zero-order chi connectivity index (χ0) is 9.97. The number of carboxylic acids is 1. The molecule has 0 aromatic carbocycles. The van der Waals surface area contributed by atoms with Gasteiger partial charge in [0.2, 0.25) is 0 Å². The van der Waals surface area contributed by atoms with Gasteiger partial charge in [-0.15, -0.1) is 0 Å². The van der Waals surface area contributed by atoms with Gasteiger partial charge in [-0.1, -0.05) is 0 Å². The summed E-state index contributed by atoms with van der Waals surface area (Å²) >= 11 is 0. The fourth-order valence-corrected chi connectivity index (χ4v) is 1.71. The molecule has 0 saturated carbocycles. The molecular formula is C9H13N3O2. The van der Waals surface area contributed by atoms with Crippen LogP contribution >= 0.6 is 0 Å². The topological polar surface area (TPSA) is 67.2 Å². The second-order valence-electron chi connectivity index (χ2n) is 3.49. The van der Waals surface area contributed by atoms with Gasteiger partial charge in [0.05, 0.1) is 6.04 Å². The number of aromatic nitrogens is 2. The molecule has 0 bridgehead atoms. The Morgan fingerprint density at radius 1 is 1.71 bits per heavy atom. The Labute approximate surface area is 81.7 Å². The lowest BCUT2D eigenvalue weighted by Gasteiger charge is -2.22. The molecule has 1 aliphatic rings. The largest absolute Gasteiger partial charge is 0.476 e. The van der Waals surface area contributed by atoms with Crippen LogP contribution in [0.25, 0.3) is 0 Å². The van der Waals surface area contributed by atoms with Crippen LogP contribution in [0.5, 0.6) is 0 Å². The summed E-state index contributed by atoms with van der Waals surface area (Å²) in [7, 11) is 0. The molecule has 0 amide bonds. The van der Waals surface area contributed by atoms with Gasteiger partial charge in [-0.3, -0.25) is 4.68 Å². The second kappa shape index (κ2) is 3.79. The normalized spacial score (nSPS) is 22.1. The molecule has 2 rings (SSSR count). The minimum Gasteiger partial charge on any atom is -0.476 e. The first-order valence-corrected chi connectivity index (χ1v) is 4.76. The van der Waals surface area contributed by atoms with Gasteiger partial charge in [-0.2, -0.15) is 5.10 Å². The molecule has 1 aromatic heterocycles. The number of rotatable bonds is 2. The van der Waals surface area contributed by atoms with Crippen LogP contribution in [0.2, 0.25) is 0 Å². The third-order valence-corrected chi connectivity index (χ3v) is 2.47. The monoisotopic (exact) mass is 195 g/mol. The summed E-state index contributed by atoms with van der Waals surface area (Å²) < 4.78 is 1.75. The Bertz CT molecular complexity index is 329. The Kier molecular flexibility index (Phi) is 2.49. The second-order valence-corrected chi connectivity index (χ2v) is 3.49. The van der Waals surface area contributed by atoms with Crippen LogP contribution in [-0.2, 0) is 0 Å². The predicted octanol–water partition coefficient (Wildman–Crippen LogP) is 0.506. The average Bonchev–Trinajstić information content (AvgIpc) is 2.68. The van der Waals surface area contributed by atoms with Crippen molar-refractivity contribution in [2.45, 2.75) is 18.9 Å². The molecule has 2 N–H and O–H groups in total. The maximum Gasteiger partial charge on any atom is 0.356 e. The zero-order valence-corrected chi connectivity index (χ0v) is 7.81. The number of nitrogens with one attached hydrogen (secondary N) is 1.